The minimum Gasteiger partial charge on any atom is -0.383 e. The van der Waals surface area contributed by atoms with Gasteiger partial charge in [0, 0.05) is 18.2 Å². The molecule has 0 unspecified atom stereocenters. The molecule has 106 valence electrons. The van der Waals surface area contributed by atoms with Crippen LogP contribution in [0.3, 0.4) is 0 Å². The van der Waals surface area contributed by atoms with Crippen molar-refractivity contribution in [2.75, 3.05) is 5.73 Å². The van der Waals surface area contributed by atoms with E-state index < -0.39 is 5.82 Å². The van der Waals surface area contributed by atoms with Gasteiger partial charge in [0.2, 0.25) is 0 Å². The predicted octanol–water partition coefficient (Wildman–Crippen LogP) is 4.13. The second kappa shape index (κ2) is 5.22. The van der Waals surface area contributed by atoms with Crippen LogP contribution in [0.25, 0.3) is 22.6 Å². The van der Waals surface area contributed by atoms with Gasteiger partial charge in [-0.05, 0) is 12.1 Å². The predicted molar refractivity (Wildman–Crippen MR) is 83.5 cm³/mol. The molecule has 0 bridgehead atoms. The lowest BCUT2D eigenvalue weighted by atomic mass is 10.1. The van der Waals surface area contributed by atoms with E-state index in [1.165, 1.54) is 6.07 Å². The third-order valence-corrected chi connectivity index (χ3v) is 3.67. The second-order valence-corrected chi connectivity index (χ2v) is 5.10. The summed E-state index contributed by atoms with van der Waals surface area (Å²) >= 11 is 5.83. The molecule has 0 atom stereocenters. The van der Waals surface area contributed by atoms with Crippen LogP contribution in [0.1, 0.15) is 0 Å². The van der Waals surface area contributed by atoms with Gasteiger partial charge in [-0.2, -0.15) is 0 Å². The monoisotopic (exact) mass is 301 g/mol. The lowest BCUT2D eigenvalue weighted by Gasteiger charge is -2.03. The molecule has 0 aliphatic rings. The van der Waals surface area contributed by atoms with Crippen molar-refractivity contribution in [1.29, 1.82) is 0 Å². The number of aromatic nitrogens is 2. The van der Waals surface area contributed by atoms with Gasteiger partial charge >= 0.3 is 0 Å². The maximum absolute atomic E-state index is 14.2. The fraction of sp³-hybridized carbons (Fsp3) is 0.0625. The van der Waals surface area contributed by atoms with Crippen molar-refractivity contribution in [3.63, 3.8) is 0 Å². The lowest BCUT2D eigenvalue weighted by Crippen LogP contribution is -1.99. The van der Waals surface area contributed by atoms with Gasteiger partial charge in [-0.15, -0.1) is 0 Å². The van der Waals surface area contributed by atoms with Gasteiger partial charge in [-0.1, -0.05) is 48.0 Å². The molecule has 0 fully saturated rings. The SMILES string of the molecule is Cn1c(-c2ccccc2)nc(-c2cccc(Cl)c2F)c1N. The van der Waals surface area contributed by atoms with Crippen LogP contribution in [-0.4, -0.2) is 9.55 Å². The molecule has 0 aliphatic carbocycles. The van der Waals surface area contributed by atoms with E-state index in [4.69, 9.17) is 17.3 Å². The molecule has 3 rings (SSSR count). The van der Waals surface area contributed by atoms with Gasteiger partial charge in [-0.3, -0.25) is 0 Å². The first-order valence-corrected chi connectivity index (χ1v) is 6.79. The summed E-state index contributed by atoms with van der Waals surface area (Å²) in [5.74, 6) is 0.570. The Morgan fingerprint density at radius 1 is 1.10 bits per heavy atom. The average molecular weight is 302 g/mol. The number of hydrogen-bond acceptors (Lipinski definition) is 2. The molecule has 0 radical (unpaired) electrons. The molecule has 1 heterocycles. The smallest absolute Gasteiger partial charge is 0.151 e. The summed E-state index contributed by atoms with van der Waals surface area (Å²) < 4.78 is 15.9. The quantitative estimate of drug-likeness (QED) is 0.773. The molecular weight excluding hydrogens is 289 g/mol. The zero-order chi connectivity index (χ0) is 15.0. The Morgan fingerprint density at radius 2 is 1.81 bits per heavy atom. The molecule has 2 N–H and O–H groups in total. The van der Waals surface area contributed by atoms with Crippen molar-refractivity contribution in [2.24, 2.45) is 7.05 Å². The van der Waals surface area contributed by atoms with Crippen molar-refractivity contribution in [3.8, 4) is 22.6 Å². The Labute approximate surface area is 126 Å². The van der Waals surface area contributed by atoms with Crippen LogP contribution >= 0.6 is 11.6 Å². The molecule has 5 heteroatoms. The highest BCUT2D eigenvalue weighted by molar-refractivity contribution is 6.31. The van der Waals surface area contributed by atoms with E-state index in [1.54, 1.807) is 23.7 Å². The maximum atomic E-state index is 14.2. The number of nitrogen functional groups attached to an aromatic ring is 1. The van der Waals surface area contributed by atoms with E-state index in [0.717, 1.165) is 5.56 Å². The van der Waals surface area contributed by atoms with Crippen molar-refractivity contribution in [1.82, 2.24) is 9.55 Å². The van der Waals surface area contributed by atoms with Gasteiger partial charge in [0.15, 0.2) is 5.82 Å². The topological polar surface area (TPSA) is 43.8 Å². The van der Waals surface area contributed by atoms with Gasteiger partial charge in [-0.25, -0.2) is 9.37 Å². The summed E-state index contributed by atoms with van der Waals surface area (Å²) in [4.78, 5) is 4.49. The molecule has 1 aromatic heterocycles. The van der Waals surface area contributed by atoms with Crippen molar-refractivity contribution in [2.45, 2.75) is 0 Å². The van der Waals surface area contributed by atoms with Gasteiger partial charge < -0.3 is 10.3 Å². The molecule has 0 spiro atoms. The van der Waals surface area contributed by atoms with Crippen LogP contribution in [0.15, 0.2) is 48.5 Å². The Hall–Kier alpha value is -2.33. The number of hydrogen-bond donors (Lipinski definition) is 1. The lowest BCUT2D eigenvalue weighted by molar-refractivity contribution is 0.631. The highest BCUT2D eigenvalue weighted by atomic mass is 35.5. The van der Waals surface area contributed by atoms with Gasteiger partial charge in [0.25, 0.3) is 0 Å². The zero-order valence-electron chi connectivity index (χ0n) is 11.3. The molecule has 21 heavy (non-hydrogen) atoms. The van der Waals surface area contributed by atoms with E-state index in [1.807, 2.05) is 30.3 Å². The molecule has 3 aromatic rings. The Kier molecular flexibility index (Phi) is 3.39. The Bertz CT molecular complexity index is 797. The van der Waals surface area contributed by atoms with Crippen LogP contribution in [0.4, 0.5) is 10.2 Å². The fourth-order valence-electron chi connectivity index (χ4n) is 2.24. The summed E-state index contributed by atoms with van der Waals surface area (Å²) in [6.07, 6.45) is 0. The minimum absolute atomic E-state index is 0.0545. The molecule has 2 aromatic carbocycles. The first-order valence-electron chi connectivity index (χ1n) is 6.41. The third kappa shape index (κ3) is 2.28. The summed E-state index contributed by atoms with van der Waals surface area (Å²) in [5, 5.41) is 0.0545. The molecule has 0 saturated carbocycles. The molecule has 0 saturated heterocycles. The van der Waals surface area contributed by atoms with E-state index in [0.29, 0.717) is 22.9 Å². The number of anilines is 1. The van der Waals surface area contributed by atoms with Crippen LogP contribution < -0.4 is 5.73 Å². The summed E-state index contributed by atoms with van der Waals surface area (Å²) in [5.41, 5.74) is 7.70. The first-order chi connectivity index (χ1) is 10.1. The number of rotatable bonds is 2. The first kappa shape index (κ1) is 13.6. The van der Waals surface area contributed by atoms with Crippen LogP contribution in [0.2, 0.25) is 5.02 Å². The normalized spacial score (nSPS) is 10.8. The zero-order valence-corrected chi connectivity index (χ0v) is 12.1. The number of halogens is 2. The van der Waals surface area contributed by atoms with Crippen molar-refractivity contribution < 1.29 is 4.39 Å². The summed E-state index contributed by atoms with van der Waals surface area (Å²) in [7, 11) is 1.80. The highest BCUT2D eigenvalue weighted by Gasteiger charge is 2.18. The van der Waals surface area contributed by atoms with E-state index in [9.17, 15) is 4.39 Å². The Balaban J connectivity index is 2.20. The van der Waals surface area contributed by atoms with Gasteiger partial charge in [0.1, 0.15) is 17.3 Å². The van der Waals surface area contributed by atoms with Crippen LogP contribution in [-0.2, 0) is 7.05 Å². The van der Waals surface area contributed by atoms with Crippen LogP contribution in [0.5, 0.6) is 0 Å². The largest absolute Gasteiger partial charge is 0.383 e. The standard InChI is InChI=1S/C16H13ClFN3/c1-21-15(19)14(11-8-5-9-12(17)13(11)18)20-16(21)10-6-3-2-4-7-10/h2-9H,19H2,1H3. The maximum Gasteiger partial charge on any atom is 0.151 e. The van der Waals surface area contributed by atoms with E-state index >= 15 is 0 Å². The number of imidazole rings is 1. The van der Waals surface area contributed by atoms with E-state index in [2.05, 4.69) is 4.98 Å². The van der Waals surface area contributed by atoms with Crippen LogP contribution in [0, 0.1) is 5.82 Å². The van der Waals surface area contributed by atoms with Gasteiger partial charge in [0.05, 0.1) is 5.02 Å². The molecule has 0 aliphatic heterocycles. The van der Waals surface area contributed by atoms with E-state index in [-0.39, 0.29) is 5.02 Å². The molecule has 3 nitrogen and oxygen atoms in total. The number of nitrogens with zero attached hydrogens (tertiary/aromatic N) is 2. The number of nitrogens with two attached hydrogens (primary N) is 1. The highest BCUT2D eigenvalue weighted by Crippen LogP contribution is 2.33. The minimum atomic E-state index is -0.511. The fourth-order valence-corrected chi connectivity index (χ4v) is 2.42. The average Bonchev–Trinajstić information content (AvgIpc) is 2.79. The summed E-state index contributed by atoms with van der Waals surface area (Å²) in [6, 6.07) is 14.4. The third-order valence-electron chi connectivity index (χ3n) is 3.38. The summed E-state index contributed by atoms with van der Waals surface area (Å²) in [6.45, 7) is 0. The van der Waals surface area contributed by atoms with Crippen molar-refractivity contribution >= 4 is 17.4 Å². The molecule has 0 amide bonds. The Morgan fingerprint density at radius 3 is 2.52 bits per heavy atom. The second-order valence-electron chi connectivity index (χ2n) is 4.70. The molecular formula is C16H13ClFN3. The number of benzene rings is 2. The van der Waals surface area contributed by atoms with Crippen molar-refractivity contribution in [3.05, 3.63) is 59.4 Å².